The maximum Gasteiger partial charge on any atom is 0.325 e. The van der Waals surface area contributed by atoms with Crippen LogP contribution in [0.1, 0.15) is 20.8 Å². The third kappa shape index (κ3) is 3.37. The molecule has 1 atom stereocenters. The van der Waals surface area contributed by atoms with Crippen LogP contribution in [-0.2, 0) is 9.53 Å². The minimum atomic E-state index is -1.04. The Morgan fingerprint density at radius 1 is 1.50 bits per heavy atom. The normalized spacial score (nSPS) is 21.3. The number of aliphatic carboxylic acids is 1. The average Bonchev–Trinajstić information content (AvgIpc) is 2.15. The Labute approximate surface area is 94.6 Å². The lowest BCUT2D eigenvalue weighted by molar-refractivity contribution is -0.138. The van der Waals surface area contributed by atoms with Crippen molar-refractivity contribution < 1.29 is 19.4 Å². The lowest BCUT2D eigenvalue weighted by atomic mass is 10.1. The first-order chi connectivity index (χ1) is 7.32. The first-order valence-electron chi connectivity index (χ1n) is 5.24. The number of hydrogen-bond donors (Lipinski definition) is 2. The highest BCUT2D eigenvalue weighted by molar-refractivity contribution is 5.82. The van der Waals surface area contributed by atoms with Gasteiger partial charge in [-0.1, -0.05) is 0 Å². The number of rotatable bonds is 2. The molecule has 6 heteroatoms. The van der Waals surface area contributed by atoms with Crippen LogP contribution in [0.5, 0.6) is 0 Å². The molecule has 1 aliphatic heterocycles. The Balaban J connectivity index is 2.51. The number of carboxylic acids is 1. The molecule has 0 aromatic carbocycles. The molecule has 0 saturated carbocycles. The number of nitrogens with zero attached hydrogens (tertiary/aromatic N) is 1. The number of ether oxygens (including phenoxy) is 1. The van der Waals surface area contributed by atoms with E-state index in [0.717, 1.165) is 0 Å². The highest BCUT2D eigenvalue weighted by atomic mass is 16.5. The number of carbonyl (C=O) groups excluding carboxylic acids is 1. The van der Waals surface area contributed by atoms with Crippen LogP contribution in [0.25, 0.3) is 0 Å². The monoisotopic (exact) mass is 230 g/mol. The summed E-state index contributed by atoms with van der Waals surface area (Å²) < 4.78 is 5.46. The zero-order chi connectivity index (χ0) is 12.3. The number of hydrogen-bond acceptors (Lipinski definition) is 3. The van der Waals surface area contributed by atoms with Crippen molar-refractivity contribution in [2.45, 2.75) is 32.4 Å². The van der Waals surface area contributed by atoms with Gasteiger partial charge in [-0.05, 0) is 20.8 Å². The van der Waals surface area contributed by atoms with Gasteiger partial charge in [0.25, 0.3) is 0 Å². The summed E-state index contributed by atoms with van der Waals surface area (Å²) in [5.74, 6) is -1.04. The summed E-state index contributed by atoms with van der Waals surface area (Å²) in [6.45, 7) is 6.65. The second-order valence-corrected chi connectivity index (χ2v) is 4.54. The maximum absolute atomic E-state index is 11.7. The van der Waals surface area contributed by atoms with Gasteiger partial charge >= 0.3 is 12.0 Å². The van der Waals surface area contributed by atoms with Crippen LogP contribution in [0, 0.1) is 0 Å². The summed E-state index contributed by atoms with van der Waals surface area (Å²) in [5, 5.41) is 11.1. The second kappa shape index (κ2) is 4.69. The van der Waals surface area contributed by atoms with Crippen molar-refractivity contribution >= 4 is 12.0 Å². The van der Waals surface area contributed by atoms with Crippen LogP contribution in [0.15, 0.2) is 0 Å². The summed E-state index contributed by atoms with van der Waals surface area (Å²) in [7, 11) is 0. The van der Waals surface area contributed by atoms with Crippen molar-refractivity contribution in [3.8, 4) is 0 Å². The van der Waals surface area contributed by atoms with Gasteiger partial charge in [0.2, 0.25) is 0 Å². The van der Waals surface area contributed by atoms with Gasteiger partial charge < -0.3 is 20.1 Å². The van der Waals surface area contributed by atoms with Crippen molar-refractivity contribution in [1.29, 1.82) is 0 Å². The van der Waals surface area contributed by atoms with E-state index in [4.69, 9.17) is 9.84 Å². The van der Waals surface area contributed by atoms with E-state index in [1.165, 1.54) is 6.92 Å². The van der Waals surface area contributed by atoms with Gasteiger partial charge in [0.05, 0.1) is 18.8 Å². The third-order valence-corrected chi connectivity index (χ3v) is 2.42. The fourth-order valence-corrected chi connectivity index (χ4v) is 1.53. The quantitative estimate of drug-likeness (QED) is 0.714. The van der Waals surface area contributed by atoms with Crippen molar-refractivity contribution in [2.75, 3.05) is 19.7 Å². The SMILES string of the molecule is C[C@H](NC(=O)N1CCOC(C)(C)C1)C(=O)O. The number of nitrogens with one attached hydrogen (secondary N) is 1. The molecule has 0 bridgehead atoms. The molecule has 2 amide bonds. The summed E-state index contributed by atoms with van der Waals surface area (Å²) in [6.07, 6.45) is 0. The van der Waals surface area contributed by atoms with Gasteiger partial charge in [-0.2, -0.15) is 0 Å². The van der Waals surface area contributed by atoms with Crippen LogP contribution in [0.3, 0.4) is 0 Å². The molecule has 92 valence electrons. The zero-order valence-corrected chi connectivity index (χ0v) is 9.82. The lowest BCUT2D eigenvalue weighted by Gasteiger charge is -2.38. The average molecular weight is 230 g/mol. The molecule has 0 aromatic rings. The van der Waals surface area contributed by atoms with Crippen LogP contribution in [-0.4, -0.2) is 53.3 Å². The van der Waals surface area contributed by atoms with Crippen LogP contribution in [0.2, 0.25) is 0 Å². The van der Waals surface area contributed by atoms with E-state index in [0.29, 0.717) is 19.7 Å². The molecule has 6 nitrogen and oxygen atoms in total. The number of urea groups is 1. The minimum Gasteiger partial charge on any atom is -0.480 e. The Morgan fingerprint density at radius 2 is 2.12 bits per heavy atom. The van der Waals surface area contributed by atoms with E-state index < -0.39 is 12.0 Å². The molecule has 2 N–H and O–H groups in total. The fourth-order valence-electron chi connectivity index (χ4n) is 1.53. The fraction of sp³-hybridized carbons (Fsp3) is 0.800. The highest BCUT2D eigenvalue weighted by Gasteiger charge is 2.30. The first-order valence-corrected chi connectivity index (χ1v) is 5.24. The van der Waals surface area contributed by atoms with Crippen LogP contribution in [0.4, 0.5) is 4.79 Å². The van der Waals surface area contributed by atoms with E-state index >= 15 is 0 Å². The number of carboxylic acid groups (broad SMARTS) is 1. The molecule has 0 spiro atoms. The van der Waals surface area contributed by atoms with Gasteiger partial charge in [-0.25, -0.2) is 4.79 Å². The lowest BCUT2D eigenvalue weighted by Crippen LogP contribution is -2.55. The molecular weight excluding hydrogens is 212 g/mol. The molecular formula is C10H18N2O4. The van der Waals surface area contributed by atoms with E-state index in [1.807, 2.05) is 13.8 Å². The second-order valence-electron chi connectivity index (χ2n) is 4.54. The Bertz CT molecular complexity index is 291. The zero-order valence-electron chi connectivity index (χ0n) is 9.82. The molecule has 1 aliphatic rings. The highest BCUT2D eigenvalue weighted by Crippen LogP contribution is 2.16. The standard InChI is InChI=1S/C10H18N2O4/c1-7(8(13)14)11-9(15)12-4-5-16-10(2,3)6-12/h7H,4-6H2,1-3H3,(H,11,15)(H,13,14)/t7-/m0/s1. The molecule has 0 aliphatic carbocycles. The molecule has 16 heavy (non-hydrogen) atoms. The van der Waals surface area contributed by atoms with Crippen LogP contribution < -0.4 is 5.32 Å². The molecule has 1 rings (SSSR count). The van der Waals surface area contributed by atoms with Crippen molar-refractivity contribution in [3.05, 3.63) is 0 Å². The van der Waals surface area contributed by atoms with Crippen molar-refractivity contribution in [3.63, 3.8) is 0 Å². The van der Waals surface area contributed by atoms with Crippen LogP contribution >= 0.6 is 0 Å². The molecule has 0 unspecified atom stereocenters. The minimum absolute atomic E-state index is 0.355. The molecule has 1 heterocycles. The van der Waals surface area contributed by atoms with Gasteiger partial charge in [0.15, 0.2) is 0 Å². The summed E-state index contributed by atoms with van der Waals surface area (Å²) in [5.41, 5.74) is -0.373. The summed E-state index contributed by atoms with van der Waals surface area (Å²) in [4.78, 5) is 23.9. The van der Waals surface area contributed by atoms with Gasteiger partial charge in [-0.3, -0.25) is 4.79 Å². The van der Waals surface area contributed by atoms with E-state index in [9.17, 15) is 9.59 Å². The van der Waals surface area contributed by atoms with E-state index in [1.54, 1.807) is 4.90 Å². The van der Waals surface area contributed by atoms with Gasteiger partial charge in [-0.15, -0.1) is 0 Å². The molecule has 0 radical (unpaired) electrons. The smallest absolute Gasteiger partial charge is 0.325 e. The maximum atomic E-state index is 11.7. The summed E-state index contributed by atoms with van der Waals surface area (Å²) in [6, 6.07) is -1.23. The largest absolute Gasteiger partial charge is 0.480 e. The third-order valence-electron chi connectivity index (χ3n) is 2.42. The summed E-state index contributed by atoms with van der Waals surface area (Å²) >= 11 is 0. The Morgan fingerprint density at radius 3 is 2.62 bits per heavy atom. The predicted octanol–water partition coefficient (Wildman–Crippen LogP) is 0.280. The Kier molecular flexibility index (Phi) is 3.74. The molecule has 0 aromatic heterocycles. The van der Waals surface area contributed by atoms with Gasteiger partial charge in [0, 0.05) is 6.54 Å². The Hall–Kier alpha value is -1.30. The van der Waals surface area contributed by atoms with E-state index in [2.05, 4.69) is 5.32 Å². The van der Waals surface area contributed by atoms with E-state index in [-0.39, 0.29) is 11.6 Å². The predicted molar refractivity (Wildman–Crippen MR) is 57.2 cm³/mol. The number of morpholine rings is 1. The van der Waals surface area contributed by atoms with Crippen molar-refractivity contribution in [1.82, 2.24) is 10.2 Å². The van der Waals surface area contributed by atoms with Crippen molar-refractivity contribution in [2.24, 2.45) is 0 Å². The molecule has 1 saturated heterocycles. The first kappa shape index (κ1) is 12.8. The number of carbonyl (C=O) groups is 2. The van der Waals surface area contributed by atoms with Gasteiger partial charge in [0.1, 0.15) is 6.04 Å². The molecule has 1 fully saturated rings. The number of amides is 2. The topological polar surface area (TPSA) is 78.9 Å².